The first-order valence-electron chi connectivity index (χ1n) is 5.73. The zero-order valence-electron chi connectivity index (χ0n) is 9.42. The van der Waals surface area contributed by atoms with Gasteiger partial charge in [0.05, 0.1) is 18.8 Å². The first-order chi connectivity index (χ1) is 6.79. The van der Waals surface area contributed by atoms with E-state index in [1.165, 1.54) is 19.3 Å². The van der Waals surface area contributed by atoms with Gasteiger partial charge in [0.25, 0.3) is 0 Å². The van der Waals surface area contributed by atoms with Crippen molar-refractivity contribution in [3.05, 3.63) is 0 Å². The average Bonchev–Trinajstić information content (AvgIpc) is 2.18. The standard InChI is InChI=1S/C11H23NO2/c1-10(2)13-8-6-12-9-11-5-3-4-7-14-11/h10-12H,3-9H2,1-2H3. The molecule has 1 heterocycles. The van der Waals surface area contributed by atoms with Crippen LogP contribution < -0.4 is 5.32 Å². The summed E-state index contributed by atoms with van der Waals surface area (Å²) in [5.74, 6) is 0. The van der Waals surface area contributed by atoms with Crippen LogP contribution in [0.3, 0.4) is 0 Å². The summed E-state index contributed by atoms with van der Waals surface area (Å²) in [7, 11) is 0. The van der Waals surface area contributed by atoms with Crippen molar-refractivity contribution in [2.75, 3.05) is 26.3 Å². The van der Waals surface area contributed by atoms with E-state index in [-0.39, 0.29) is 0 Å². The number of nitrogens with one attached hydrogen (secondary N) is 1. The summed E-state index contributed by atoms with van der Waals surface area (Å²) < 4.78 is 11.0. The van der Waals surface area contributed by atoms with Crippen LogP contribution in [0.2, 0.25) is 0 Å². The van der Waals surface area contributed by atoms with Crippen LogP contribution in [0.15, 0.2) is 0 Å². The minimum Gasteiger partial charge on any atom is -0.377 e. The molecule has 1 atom stereocenters. The van der Waals surface area contributed by atoms with E-state index >= 15 is 0 Å². The van der Waals surface area contributed by atoms with Crippen molar-refractivity contribution in [3.8, 4) is 0 Å². The SMILES string of the molecule is CC(C)OCCNCC1CCCCO1. The minimum atomic E-state index is 0.336. The van der Waals surface area contributed by atoms with Gasteiger partial charge in [0.1, 0.15) is 0 Å². The largest absolute Gasteiger partial charge is 0.377 e. The molecule has 1 saturated heterocycles. The Kier molecular flexibility index (Phi) is 6.15. The number of rotatable bonds is 6. The first kappa shape index (κ1) is 12.0. The smallest absolute Gasteiger partial charge is 0.0699 e. The molecule has 1 N–H and O–H groups in total. The zero-order chi connectivity index (χ0) is 10.2. The van der Waals surface area contributed by atoms with Crippen LogP contribution >= 0.6 is 0 Å². The van der Waals surface area contributed by atoms with E-state index in [0.717, 1.165) is 26.3 Å². The third-order valence-electron chi connectivity index (χ3n) is 2.38. The van der Waals surface area contributed by atoms with Gasteiger partial charge in [-0.15, -0.1) is 0 Å². The predicted octanol–water partition coefficient (Wildman–Crippen LogP) is 1.57. The van der Waals surface area contributed by atoms with Crippen molar-refractivity contribution in [3.63, 3.8) is 0 Å². The molecule has 84 valence electrons. The second kappa shape index (κ2) is 7.21. The Morgan fingerprint density at radius 1 is 1.43 bits per heavy atom. The zero-order valence-corrected chi connectivity index (χ0v) is 9.42. The lowest BCUT2D eigenvalue weighted by Gasteiger charge is -2.22. The molecule has 1 aliphatic heterocycles. The molecule has 3 heteroatoms. The number of hydrogen-bond acceptors (Lipinski definition) is 3. The predicted molar refractivity (Wildman–Crippen MR) is 57.5 cm³/mol. The highest BCUT2D eigenvalue weighted by Gasteiger charge is 2.12. The summed E-state index contributed by atoms with van der Waals surface area (Å²) in [5, 5.41) is 3.36. The first-order valence-corrected chi connectivity index (χ1v) is 5.73. The molecule has 14 heavy (non-hydrogen) atoms. The molecule has 1 fully saturated rings. The van der Waals surface area contributed by atoms with Crippen molar-refractivity contribution in [2.45, 2.75) is 45.3 Å². The van der Waals surface area contributed by atoms with Crippen molar-refractivity contribution in [1.29, 1.82) is 0 Å². The molecule has 0 aromatic carbocycles. The summed E-state index contributed by atoms with van der Waals surface area (Å²) in [6.45, 7) is 7.76. The van der Waals surface area contributed by atoms with E-state index in [2.05, 4.69) is 19.2 Å². The fourth-order valence-corrected chi connectivity index (χ4v) is 1.60. The van der Waals surface area contributed by atoms with Crippen molar-refractivity contribution < 1.29 is 9.47 Å². The normalized spacial score (nSPS) is 22.9. The highest BCUT2D eigenvalue weighted by Crippen LogP contribution is 2.11. The van der Waals surface area contributed by atoms with Gasteiger partial charge < -0.3 is 14.8 Å². The maximum Gasteiger partial charge on any atom is 0.0699 e. The molecule has 0 amide bonds. The molecule has 1 aliphatic rings. The van der Waals surface area contributed by atoms with E-state index in [1.54, 1.807) is 0 Å². The molecular weight excluding hydrogens is 178 g/mol. The van der Waals surface area contributed by atoms with Crippen LogP contribution in [-0.2, 0) is 9.47 Å². The molecule has 3 nitrogen and oxygen atoms in total. The lowest BCUT2D eigenvalue weighted by Crippen LogP contribution is -2.33. The Morgan fingerprint density at radius 3 is 2.93 bits per heavy atom. The van der Waals surface area contributed by atoms with E-state index in [0.29, 0.717) is 12.2 Å². The molecule has 0 bridgehead atoms. The maximum absolute atomic E-state index is 5.60. The molecule has 0 aromatic heterocycles. The van der Waals surface area contributed by atoms with Gasteiger partial charge in [-0.1, -0.05) is 0 Å². The van der Waals surface area contributed by atoms with Crippen molar-refractivity contribution in [1.82, 2.24) is 5.32 Å². The molecular formula is C11H23NO2. The molecule has 0 spiro atoms. The Morgan fingerprint density at radius 2 is 2.29 bits per heavy atom. The second-order valence-corrected chi connectivity index (χ2v) is 4.11. The summed E-state index contributed by atoms with van der Waals surface area (Å²) in [6, 6.07) is 0. The Hall–Kier alpha value is -0.120. The van der Waals surface area contributed by atoms with E-state index < -0.39 is 0 Å². The molecule has 1 rings (SSSR count). The van der Waals surface area contributed by atoms with Gasteiger partial charge in [0.2, 0.25) is 0 Å². The van der Waals surface area contributed by atoms with Gasteiger partial charge in [0, 0.05) is 19.7 Å². The Balaban J connectivity index is 1.87. The number of hydrogen-bond donors (Lipinski definition) is 1. The van der Waals surface area contributed by atoms with E-state index in [1.807, 2.05) is 0 Å². The van der Waals surface area contributed by atoms with E-state index in [4.69, 9.17) is 9.47 Å². The Labute approximate surface area is 87.2 Å². The third-order valence-corrected chi connectivity index (χ3v) is 2.38. The van der Waals surface area contributed by atoms with Gasteiger partial charge in [0.15, 0.2) is 0 Å². The van der Waals surface area contributed by atoms with Gasteiger partial charge >= 0.3 is 0 Å². The molecule has 0 aromatic rings. The summed E-state index contributed by atoms with van der Waals surface area (Å²) in [5.41, 5.74) is 0. The summed E-state index contributed by atoms with van der Waals surface area (Å²) in [4.78, 5) is 0. The average molecular weight is 201 g/mol. The summed E-state index contributed by atoms with van der Waals surface area (Å²) in [6.07, 6.45) is 4.52. The lowest BCUT2D eigenvalue weighted by molar-refractivity contribution is 0.0147. The molecule has 0 aliphatic carbocycles. The fraction of sp³-hybridized carbons (Fsp3) is 1.00. The van der Waals surface area contributed by atoms with Gasteiger partial charge in [-0.05, 0) is 33.1 Å². The molecule has 0 saturated carbocycles. The van der Waals surface area contributed by atoms with Crippen molar-refractivity contribution >= 4 is 0 Å². The van der Waals surface area contributed by atoms with Crippen LogP contribution in [0.4, 0.5) is 0 Å². The van der Waals surface area contributed by atoms with Crippen LogP contribution in [0.5, 0.6) is 0 Å². The quantitative estimate of drug-likeness (QED) is 0.662. The highest BCUT2D eigenvalue weighted by atomic mass is 16.5. The van der Waals surface area contributed by atoms with Crippen LogP contribution in [0.25, 0.3) is 0 Å². The topological polar surface area (TPSA) is 30.5 Å². The monoisotopic (exact) mass is 201 g/mol. The molecule has 1 unspecified atom stereocenters. The number of ether oxygens (including phenoxy) is 2. The van der Waals surface area contributed by atoms with Crippen LogP contribution in [0.1, 0.15) is 33.1 Å². The third kappa shape index (κ3) is 5.58. The maximum atomic E-state index is 5.60. The van der Waals surface area contributed by atoms with Gasteiger partial charge in [-0.3, -0.25) is 0 Å². The van der Waals surface area contributed by atoms with Gasteiger partial charge in [-0.2, -0.15) is 0 Å². The Bertz CT molecular complexity index is 133. The highest BCUT2D eigenvalue weighted by molar-refractivity contribution is 4.65. The van der Waals surface area contributed by atoms with E-state index in [9.17, 15) is 0 Å². The van der Waals surface area contributed by atoms with Gasteiger partial charge in [-0.25, -0.2) is 0 Å². The molecule has 0 radical (unpaired) electrons. The fourth-order valence-electron chi connectivity index (χ4n) is 1.60. The van der Waals surface area contributed by atoms with Crippen molar-refractivity contribution in [2.24, 2.45) is 0 Å². The van der Waals surface area contributed by atoms with Crippen LogP contribution in [-0.4, -0.2) is 38.5 Å². The second-order valence-electron chi connectivity index (χ2n) is 4.11. The van der Waals surface area contributed by atoms with Crippen LogP contribution in [0, 0.1) is 0 Å². The lowest BCUT2D eigenvalue weighted by atomic mass is 10.1. The summed E-state index contributed by atoms with van der Waals surface area (Å²) >= 11 is 0. The minimum absolute atomic E-state index is 0.336.